The third kappa shape index (κ3) is 5.83. The van der Waals surface area contributed by atoms with Gasteiger partial charge in [-0.15, -0.1) is 0 Å². The molecule has 3 unspecified atom stereocenters. The summed E-state index contributed by atoms with van der Waals surface area (Å²) < 4.78 is 10.2. The van der Waals surface area contributed by atoms with Gasteiger partial charge in [0.1, 0.15) is 12.1 Å². The molecule has 34 heavy (non-hydrogen) atoms. The molecular weight excluding hydrogens is 432 g/mol. The van der Waals surface area contributed by atoms with Crippen molar-refractivity contribution < 1.29 is 23.9 Å². The lowest BCUT2D eigenvalue weighted by atomic mass is 9.77. The third-order valence-corrected chi connectivity index (χ3v) is 6.57. The zero-order valence-corrected chi connectivity index (χ0v) is 19.9. The molecule has 0 saturated carbocycles. The van der Waals surface area contributed by atoms with Gasteiger partial charge < -0.3 is 20.1 Å². The molecule has 2 aromatic carbocycles. The molecule has 1 amide bonds. The molecule has 2 aromatic rings. The summed E-state index contributed by atoms with van der Waals surface area (Å²) in [6.45, 7) is 1.70. The fourth-order valence-electron chi connectivity index (χ4n) is 4.77. The van der Waals surface area contributed by atoms with Crippen LogP contribution in [0.15, 0.2) is 60.7 Å². The predicted molar refractivity (Wildman–Crippen MR) is 129 cm³/mol. The van der Waals surface area contributed by atoms with E-state index in [2.05, 4.69) is 0 Å². The normalized spacial score (nSPS) is 21.4. The van der Waals surface area contributed by atoms with Crippen LogP contribution >= 0.6 is 0 Å². The van der Waals surface area contributed by atoms with Gasteiger partial charge >= 0.3 is 11.9 Å². The van der Waals surface area contributed by atoms with Crippen molar-refractivity contribution in [3.05, 3.63) is 71.8 Å². The monoisotopic (exact) mass is 466 g/mol. The number of hydrogen-bond donors (Lipinski definition) is 1. The Morgan fingerprint density at radius 1 is 1.12 bits per heavy atom. The topological polar surface area (TPSA) is 98.9 Å². The van der Waals surface area contributed by atoms with Gasteiger partial charge in [0.25, 0.3) is 0 Å². The first kappa shape index (κ1) is 25.4. The molecule has 1 saturated heterocycles. The Morgan fingerprint density at radius 2 is 1.76 bits per heavy atom. The van der Waals surface area contributed by atoms with Gasteiger partial charge in [0.05, 0.1) is 25.7 Å². The number of carbonyl (C=O) groups excluding carboxylic acids is 3. The number of nitrogens with two attached hydrogens (primary N) is 1. The fourth-order valence-corrected chi connectivity index (χ4v) is 4.77. The van der Waals surface area contributed by atoms with E-state index in [1.54, 1.807) is 6.92 Å². The average Bonchev–Trinajstić information content (AvgIpc) is 2.97. The van der Waals surface area contributed by atoms with Gasteiger partial charge in [0.15, 0.2) is 0 Å². The van der Waals surface area contributed by atoms with Crippen LogP contribution in [0.1, 0.15) is 49.8 Å². The summed E-state index contributed by atoms with van der Waals surface area (Å²) in [5.41, 5.74) is 7.33. The van der Waals surface area contributed by atoms with E-state index < -0.39 is 29.3 Å². The molecule has 0 spiro atoms. The average molecular weight is 467 g/mol. The highest BCUT2D eigenvalue weighted by Gasteiger charge is 2.51. The van der Waals surface area contributed by atoms with Crippen molar-refractivity contribution in [2.45, 2.75) is 50.6 Å². The van der Waals surface area contributed by atoms with Crippen LogP contribution in [0, 0.1) is 5.92 Å². The van der Waals surface area contributed by atoms with E-state index >= 15 is 0 Å². The number of amides is 1. The summed E-state index contributed by atoms with van der Waals surface area (Å²) in [7, 11) is 1.29. The Hall–Kier alpha value is -3.19. The summed E-state index contributed by atoms with van der Waals surface area (Å²) in [5, 5.41) is 0. The maximum atomic E-state index is 14.0. The van der Waals surface area contributed by atoms with Crippen LogP contribution in [0.4, 0.5) is 0 Å². The summed E-state index contributed by atoms with van der Waals surface area (Å²) in [4.78, 5) is 40.9. The SMILES string of the molecule is CCOC(=O)C(CCc1ccccc1)C1(N)CCCC(c2ccccc2)N(CC(=O)OC)C1=O. The van der Waals surface area contributed by atoms with Crippen LogP contribution in [-0.4, -0.2) is 48.5 Å². The highest BCUT2D eigenvalue weighted by molar-refractivity contribution is 5.94. The highest BCUT2D eigenvalue weighted by Crippen LogP contribution is 2.38. The van der Waals surface area contributed by atoms with E-state index in [1.807, 2.05) is 60.7 Å². The molecule has 3 rings (SSSR count). The Kier molecular flexibility index (Phi) is 8.82. The number of methoxy groups -OCH3 is 1. The zero-order valence-electron chi connectivity index (χ0n) is 19.9. The molecule has 182 valence electrons. The number of benzene rings is 2. The number of likely N-dealkylation sites (tertiary alicyclic amines) is 1. The van der Waals surface area contributed by atoms with Crippen molar-refractivity contribution in [2.24, 2.45) is 11.7 Å². The number of hydrogen-bond acceptors (Lipinski definition) is 6. The number of rotatable bonds is 9. The van der Waals surface area contributed by atoms with Gasteiger partial charge in [-0.1, -0.05) is 60.7 Å². The largest absolute Gasteiger partial charge is 0.468 e. The Bertz CT molecular complexity index is 966. The van der Waals surface area contributed by atoms with Crippen molar-refractivity contribution in [1.29, 1.82) is 0 Å². The van der Waals surface area contributed by atoms with Crippen molar-refractivity contribution in [3.63, 3.8) is 0 Å². The van der Waals surface area contributed by atoms with E-state index in [0.717, 1.165) is 11.1 Å². The first-order chi connectivity index (χ1) is 16.4. The van der Waals surface area contributed by atoms with Crippen molar-refractivity contribution in [2.75, 3.05) is 20.3 Å². The molecular formula is C27H34N2O5. The lowest BCUT2D eigenvalue weighted by Crippen LogP contribution is -2.62. The van der Waals surface area contributed by atoms with E-state index in [1.165, 1.54) is 12.0 Å². The minimum absolute atomic E-state index is 0.198. The standard InChI is InChI=1S/C27H34N2O5/c1-3-34-25(31)22(17-16-20-11-6-4-7-12-20)27(28)18-10-15-23(21-13-8-5-9-14-21)29(26(27)32)19-24(30)33-2/h4-9,11-14,22-23H,3,10,15-19,28H2,1-2H3. The molecule has 1 fully saturated rings. The summed E-state index contributed by atoms with van der Waals surface area (Å²) in [6, 6.07) is 19.0. The smallest absolute Gasteiger partial charge is 0.325 e. The minimum Gasteiger partial charge on any atom is -0.468 e. The second kappa shape index (κ2) is 11.8. The molecule has 1 heterocycles. The van der Waals surface area contributed by atoms with Gasteiger partial charge in [-0.3, -0.25) is 14.4 Å². The van der Waals surface area contributed by atoms with E-state index in [4.69, 9.17) is 15.2 Å². The minimum atomic E-state index is -1.49. The molecule has 0 aromatic heterocycles. The van der Waals surface area contributed by atoms with Gasteiger partial charge in [-0.25, -0.2) is 0 Å². The molecule has 0 bridgehead atoms. The summed E-state index contributed by atoms with van der Waals surface area (Å²) in [5.74, 6) is -2.27. The number of carbonyl (C=O) groups is 3. The Morgan fingerprint density at radius 3 is 2.38 bits per heavy atom. The quantitative estimate of drug-likeness (QED) is 0.569. The van der Waals surface area contributed by atoms with Crippen LogP contribution in [-0.2, 0) is 30.3 Å². The predicted octanol–water partition coefficient (Wildman–Crippen LogP) is 3.42. The molecule has 0 aliphatic carbocycles. The molecule has 3 atom stereocenters. The number of esters is 2. The highest BCUT2D eigenvalue weighted by atomic mass is 16.5. The second-order valence-electron chi connectivity index (χ2n) is 8.70. The molecule has 0 radical (unpaired) electrons. The van der Waals surface area contributed by atoms with Crippen molar-refractivity contribution >= 4 is 17.8 Å². The maximum Gasteiger partial charge on any atom is 0.325 e. The van der Waals surface area contributed by atoms with Gasteiger partial charge in [0, 0.05) is 0 Å². The van der Waals surface area contributed by atoms with E-state index in [-0.39, 0.29) is 19.2 Å². The number of ether oxygens (including phenoxy) is 2. The number of aryl methyl sites for hydroxylation is 1. The lowest BCUT2D eigenvalue weighted by molar-refractivity contribution is -0.159. The first-order valence-electron chi connectivity index (χ1n) is 11.8. The summed E-state index contributed by atoms with van der Waals surface area (Å²) >= 11 is 0. The second-order valence-corrected chi connectivity index (χ2v) is 8.70. The van der Waals surface area contributed by atoms with Crippen LogP contribution < -0.4 is 5.73 Å². The molecule has 7 nitrogen and oxygen atoms in total. The van der Waals surface area contributed by atoms with Crippen LogP contribution in [0.3, 0.4) is 0 Å². The van der Waals surface area contributed by atoms with Gasteiger partial charge in [0.2, 0.25) is 5.91 Å². The zero-order chi connectivity index (χ0) is 24.6. The van der Waals surface area contributed by atoms with E-state index in [0.29, 0.717) is 32.1 Å². The van der Waals surface area contributed by atoms with Crippen molar-refractivity contribution in [1.82, 2.24) is 4.90 Å². The first-order valence-corrected chi connectivity index (χ1v) is 11.8. The molecule has 2 N–H and O–H groups in total. The van der Waals surface area contributed by atoms with Crippen molar-refractivity contribution in [3.8, 4) is 0 Å². The maximum absolute atomic E-state index is 14.0. The molecule has 1 aliphatic heterocycles. The van der Waals surface area contributed by atoms with E-state index in [9.17, 15) is 14.4 Å². The number of nitrogens with zero attached hydrogens (tertiary/aromatic N) is 1. The fraction of sp³-hybridized carbons (Fsp3) is 0.444. The summed E-state index contributed by atoms with van der Waals surface area (Å²) in [6.07, 6.45) is 2.52. The Balaban J connectivity index is 1.97. The third-order valence-electron chi connectivity index (χ3n) is 6.57. The van der Waals surface area contributed by atoms with Crippen LogP contribution in [0.25, 0.3) is 0 Å². The molecule has 1 aliphatic rings. The van der Waals surface area contributed by atoms with Crippen LogP contribution in [0.2, 0.25) is 0 Å². The van der Waals surface area contributed by atoms with Gasteiger partial charge in [-0.05, 0) is 50.2 Å². The van der Waals surface area contributed by atoms with Crippen LogP contribution in [0.5, 0.6) is 0 Å². The lowest BCUT2D eigenvalue weighted by Gasteiger charge is -2.38. The Labute approximate surface area is 201 Å². The van der Waals surface area contributed by atoms with Gasteiger partial charge in [-0.2, -0.15) is 0 Å². The molecule has 7 heteroatoms.